The number of ether oxygens (including phenoxy) is 1. The minimum atomic E-state index is -0.730. The summed E-state index contributed by atoms with van der Waals surface area (Å²) in [4.78, 5) is 14.4. The molecule has 0 radical (unpaired) electrons. The zero-order valence-corrected chi connectivity index (χ0v) is 13.8. The zero-order valence-electron chi connectivity index (χ0n) is 13.8. The van der Waals surface area contributed by atoms with Gasteiger partial charge in [0.2, 0.25) is 0 Å². The lowest BCUT2D eigenvalue weighted by molar-refractivity contribution is -0.152. The molecular formula is C18H27NO3. The molecule has 1 aromatic rings. The number of benzene rings is 1. The number of hydrogen-bond donors (Lipinski definition) is 1. The molecule has 1 N–H and O–H groups in total. The van der Waals surface area contributed by atoms with Crippen molar-refractivity contribution >= 4 is 5.91 Å². The topological polar surface area (TPSA) is 49.8 Å². The van der Waals surface area contributed by atoms with E-state index >= 15 is 0 Å². The Balaban J connectivity index is 1.90. The summed E-state index contributed by atoms with van der Waals surface area (Å²) in [5.41, 5.74) is 1.47. The Kier molecular flexibility index (Phi) is 5.59. The molecule has 2 rings (SSSR count). The molecule has 1 aliphatic rings. The van der Waals surface area contributed by atoms with E-state index in [4.69, 9.17) is 9.84 Å². The highest BCUT2D eigenvalue weighted by molar-refractivity contribution is 5.84. The molecule has 0 aliphatic carbocycles. The van der Waals surface area contributed by atoms with E-state index in [-0.39, 0.29) is 12.5 Å². The lowest BCUT2D eigenvalue weighted by atomic mass is 9.98. The maximum Gasteiger partial charge on any atom is 0.254 e. The van der Waals surface area contributed by atoms with Gasteiger partial charge in [0.1, 0.15) is 5.60 Å². The van der Waals surface area contributed by atoms with Gasteiger partial charge < -0.3 is 14.7 Å². The maximum atomic E-state index is 12.5. The van der Waals surface area contributed by atoms with Crippen LogP contribution in [0.5, 0.6) is 0 Å². The number of aliphatic hydroxyl groups is 1. The summed E-state index contributed by atoms with van der Waals surface area (Å²) >= 11 is 0. The molecule has 4 heteroatoms. The Labute approximate surface area is 133 Å². The van der Waals surface area contributed by atoms with Gasteiger partial charge in [-0.25, -0.2) is 0 Å². The van der Waals surface area contributed by atoms with E-state index < -0.39 is 5.60 Å². The van der Waals surface area contributed by atoms with Crippen molar-refractivity contribution in [1.82, 2.24) is 4.90 Å². The third kappa shape index (κ3) is 4.08. The van der Waals surface area contributed by atoms with Crippen LogP contribution in [0.15, 0.2) is 24.3 Å². The van der Waals surface area contributed by atoms with E-state index in [1.165, 1.54) is 5.56 Å². The first-order valence-electron chi connectivity index (χ1n) is 8.08. The third-order valence-electron chi connectivity index (χ3n) is 4.32. The van der Waals surface area contributed by atoms with Crippen molar-refractivity contribution in [3.8, 4) is 0 Å². The highest BCUT2D eigenvalue weighted by Gasteiger charge is 2.36. The van der Waals surface area contributed by atoms with Crippen LogP contribution in [0.4, 0.5) is 0 Å². The van der Waals surface area contributed by atoms with Crippen LogP contribution in [0, 0.1) is 5.92 Å². The molecule has 1 saturated heterocycles. The second kappa shape index (κ2) is 7.25. The molecule has 1 heterocycles. The summed E-state index contributed by atoms with van der Waals surface area (Å²) in [7, 11) is 0. The number of hydrogen-bond acceptors (Lipinski definition) is 3. The minimum Gasteiger partial charge on any atom is -0.392 e. The first-order valence-corrected chi connectivity index (χ1v) is 8.08. The fraction of sp³-hybridized carbons (Fsp3) is 0.611. The molecule has 1 aliphatic heterocycles. The quantitative estimate of drug-likeness (QED) is 0.878. The minimum absolute atomic E-state index is 0.0818. The zero-order chi connectivity index (χ0) is 16.2. The van der Waals surface area contributed by atoms with Gasteiger partial charge in [0.05, 0.1) is 6.61 Å². The van der Waals surface area contributed by atoms with Crippen LogP contribution in [0.1, 0.15) is 38.3 Å². The van der Waals surface area contributed by atoms with Crippen molar-refractivity contribution in [1.29, 1.82) is 0 Å². The van der Waals surface area contributed by atoms with E-state index in [0.717, 1.165) is 31.5 Å². The van der Waals surface area contributed by atoms with E-state index in [1.807, 2.05) is 37.8 Å². The number of carbonyl (C=O) groups excluding carboxylic acids is 1. The Bertz CT molecular complexity index is 496. The SMILES string of the molecule is CCOC(C)(C)C(=O)N1CCC(Cc2ccc(CO)cc2)C1. The van der Waals surface area contributed by atoms with Crippen molar-refractivity contribution in [2.24, 2.45) is 5.92 Å². The van der Waals surface area contributed by atoms with Crippen LogP contribution < -0.4 is 0 Å². The first-order chi connectivity index (χ1) is 10.5. The molecular weight excluding hydrogens is 278 g/mol. The van der Waals surface area contributed by atoms with Gasteiger partial charge in [-0.05, 0) is 50.7 Å². The summed E-state index contributed by atoms with van der Waals surface area (Å²) in [5.74, 6) is 0.592. The average molecular weight is 305 g/mol. The fourth-order valence-electron chi connectivity index (χ4n) is 3.10. The molecule has 1 atom stereocenters. The lowest BCUT2D eigenvalue weighted by Gasteiger charge is -2.29. The maximum absolute atomic E-state index is 12.5. The van der Waals surface area contributed by atoms with Crippen molar-refractivity contribution in [3.05, 3.63) is 35.4 Å². The highest BCUT2D eigenvalue weighted by atomic mass is 16.5. The van der Waals surface area contributed by atoms with Crippen molar-refractivity contribution in [2.45, 2.75) is 45.8 Å². The van der Waals surface area contributed by atoms with E-state index in [9.17, 15) is 4.79 Å². The number of aliphatic hydroxyl groups excluding tert-OH is 1. The van der Waals surface area contributed by atoms with Crippen LogP contribution in [0.25, 0.3) is 0 Å². The van der Waals surface area contributed by atoms with Gasteiger partial charge in [-0.3, -0.25) is 4.79 Å². The van der Waals surface area contributed by atoms with E-state index in [2.05, 4.69) is 12.1 Å². The van der Waals surface area contributed by atoms with E-state index in [1.54, 1.807) is 0 Å². The number of likely N-dealkylation sites (tertiary alicyclic amines) is 1. The van der Waals surface area contributed by atoms with Gasteiger partial charge >= 0.3 is 0 Å². The Morgan fingerprint density at radius 1 is 1.32 bits per heavy atom. The van der Waals surface area contributed by atoms with Gasteiger partial charge in [0.25, 0.3) is 5.91 Å². The summed E-state index contributed by atoms with van der Waals surface area (Å²) in [5, 5.41) is 9.07. The number of carbonyl (C=O) groups is 1. The first kappa shape index (κ1) is 17.0. The molecule has 22 heavy (non-hydrogen) atoms. The van der Waals surface area contributed by atoms with Gasteiger partial charge in [-0.15, -0.1) is 0 Å². The molecule has 1 unspecified atom stereocenters. The number of nitrogens with zero attached hydrogens (tertiary/aromatic N) is 1. The smallest absolute Gasteiger partial charge is 0.254 e. The lowest BCUT2D eigenvalue weighted by Crippen LogP contribution is -2.46. The fourth-order valence-corrected chi connectivity index (χ4v) is 3.10. The van der Waals surface area contributed by atoms with Crippen LogP contribution in [0.3, 0.4) is 0 Å². The monoisotopic (exact) mass is 305 g/mol. The molecule has 1 fully saturated rings. The van der Waals surface area contributed by atoms with Gasteiger partial charge in [-0.1, -0.05) is 24.3 Å². The molecule has 122 valence electrons. The van der Waals surface area contributed by atoms with Crippen molar-refractivity contribution in [2.75, 3.05) is 19.7 Å². The van der Waals surface area contributed by atoms with E-state index in [0.29, 0.717) is 12.5 Å². The van der Waals surface area contributed by atoms with Crippen molar-refractivity contribution in [3.63, 3.8) is 0 Å². The number of amides is 1. The summed E-state index contributed by atoms with van der Waals surface area (Å²) in [6, 6.07) is 8.07. The van der Waals surface area contributed by atoms with Crippen molar-refractivity contribution < 1.29 is 14.6 Å². The molecule has 0 aromatic heterocycles. The van der Waals surface area contributed by atoms with Crippen LogP contribution >= 0.6 is 0 Å². The van der Waals surface area contributed by atoms with Crippen LogP contribution in [-0.2, 0) is 22.6 Å². The average Bonchev–Trinajstić information content (AvgIpc) is 2.95. The second-order valence-corrected chi connectivity index (χ2v) is 6.53. The third-order valence-corrected chi connectivity index (χ3v) is 4.32. The van der Waals surface area contributed by atoms with Gasteiger partial charge in [0.15, 0.2) is 0 Å². The standard InChI is InChI=1S/C18H27NO3/c1-4-22-18(2,3)17(21)19-10-9-16(12-19)11-14-5-7-15(13-20)8-6-14/h5-8,16,20H,4,9-13H2,1-3H3. The molecule has 0 saturated carbocycles. The Morgan fingerprint density at radius 3 is 2.55 bits per heavy atom. The normalized spacial score (nSPS) is 18.7. The van der Waals surface area contributed by atoms with Crippen LogP contribution in [-0.4, -0.2) is 41.2 Å². The number of rotatable bonds is 6. The summed E-state index contributed by atoms with van der Waals surface area (Å²) in [6.07, 6.45) is 2.01. The molecule has 4 nitrogen and oxygen atoms in total. The summed E-state index contributed by atoms with van der Waals surface area (Å²) in [6.45, 7) is 7.86. The van der Waals surface area contributed by atoms with Gasteiger partial charge in [-0.2, -0.15) is 0 Å². The molecule has 1 aromatic carbocycles. The molecule has 0 spiro atoms. The largest absolute Gasteiger partial charge is 0.392 e. The highest BCUT2D eigenvalue weighted by Crippen LogP contribution is 2.24. The Morgan fingerprint density at radius 2 is 1.95 bits per heavy atom. The van der Waals surface area contributed by atoms with Gasteiger partial charge in [0, 0.05) is 19.7 Å². The molecule has 0 bridgehead atoms. The van der Waals surface area contributed by atoms with Crippen LogP contribution in [0.2, 0.25) is 0 Å². The Hall–Kier alpha value is -1.39. The predicted octanol–water partition coefficient (Wildman–Crippen LogP) is 2.39. The summed E-state index contributed by atoms with van der Waals surface area (Å²) < 4.78 is 5.57. The second-order valence-electron chi connectivity index (χ2n) is 6.53. The molecule has 1 amide bonds. The predicted molar refractivity (Wildman–Crippen MR) is 86.5 cm³/mol.